The van der Waals surface area contributed by atoms with Gasteiger partial charge in [0, 0.05) is 36.4 Å². The molecule has 0 fully saturated rings. The van der Waals surface area contributed by atoms with Crippen LogP contribution in [0.25, 0.3) is 60.6 Å². The van der Waals surface area contributed by atoms with Crippen molar-refractivity contribution in [3.05, 3.63) is 113 Å². The van der Waals surface area contributed by atoms with Crippen molar-refractivity contribution in [1.29, 1.82) is 0 Å². The van der Waals surface area contributed by atoms with Gasteiger partial charge < -0.3 is 8.98 Å². The molecule has 0 bridgehead atoms. The topological polar surface area (TPSA) is 18.1 Å². The monoisotopic (exact) mass is 535 g/mol. The normalized spacial score (nSPS) is 11.8. The SMILES string of the molecule is Ic1cccc2c3cc(-c4cccc5c4oc4ccccc45)ccc3n(-c3ccccc3)c12. The van der Waals surface area contributed by atoms with Crippen LogP contribution in [0.5, 0.6) is 0 Å². The Morgan fingerprint density at radius 2 is 1.36 bits per heavy atom. The number of benzene rings is 5. The average Bonchev–Trinajstić information content (AvgIpc) is 3.41. The highest BCUT2D eigenvalue weighted by Gasteiger charge is 2.17. The predicted molar refractivity (Wildman–Crippen MR) is 146 cm³/mol. The van der Waals surface area contributed by atoms with Crippen LogP contribution < -0.4 is 0 Å². The van der Waals surface area contributed by atoms with Gasteiger partial charge in [0.05, 0.1) is 11.0 Å². The Morgan fingerprint density at radius 3 is 2.27 bits per heavy atom. The Hall–Kier alpha value is -3.57. The highest BCUT2D eigenvalue weighted by molar-refractivity contribution is 14.1. The van der Waals surface area contributed by atoms with Gasteiger partial charge in [0.1, 0.15) is 11.2 Å². The van der Waals surface area contributed by atoms with E-state index >= 15 is 0 Å². The van der Waals surface area contributed by atoms with Gasteiger partial charge in [-0.05, 0) is 64.6 Å². The van der Waals surface area contributed by atoms with Crippen LogP contribution in [0, 0.1) is 3.57 Å². The molecule has 7 rings (SSSR count). The highest BCUT2D eigenvalue weighted by Crippen LogP contribution is 2.40. The maximum absolute atomic E-state index is 6.32. The van der Waals surface area contributed by atoms with E-state index < -0.39 is 0 Å². The molecule has 0 saturated heterocycles. The summed E-state index contributed by atoms with van der Waals surface area (Å²) in [4.78, 5) is 0. The molecule has 0 saturated carbocycles. The van der Waals surface area contributed by atoms with Crippen LogP contribution >= 0.6 is 22.6 Å². The lowest BCUT2D eigenvalue weighted by Gasteiger charge is -2.09. The molecule has 0 aliphatic rings. The molecule has 7 aromatic rings. The zero-order chi connectivity index (χ0) is 21.9. The summed E-state index contributed by atoms with van der Waals surface area (Å²) >= 11 is 2.45. The van der Waals surface area contributed by atoms with Crippen LogP contribution in [0.15, 0.2) is 114 Å². The van der Waals surface area contributed by atoms with Gasteiger partial charge in [0.25, 0.3) is 0 Å². The minimum atomic E-state index is 0.927. The Bertz CT molecular complexity index is 1830. The number of para-hydroxylation sites is 4. The van der Waals surface area contributed by atoms with Crippen LogP contribution in [0.4, 0.5) is 0 Å². The van der Waals surface area contributed by atoms with E-state index in [1.165, 1.54) is 31.1 Å². The van der Waals surface area contributed by atoms with E-state index in [-0.39, 0.29) is 0 Å². The fourth-order valence-corrected chi connectivity index (χ4v) is 5.75. The van der Waals surface area contributed by atoms with Gasteiger partial charge in [-0.1, -0.05) is 72.8 Å². The first-order valence-corrected chi connectivity index (χ1v) is 12.1. The van der Waals surface area contributed by atoms with Crippen molar-refractivity contribution in [3.63, 3.8) is 0 Å². The van der Waals surface area contributed by atoms with Gasteiger partial charge >= 0.3 is 0 Å². The second-order valence-electron chi connectivity index (χ2n) is 8.32. The lowest BCUT2D eigenvalue weighted by molar-refractivity contribution is 0.670. The third-order valence-corrected chi connectivity index (χ3v) is 7.34. The number of furan rings is 1. The second-order valence-corrected chi connectivity index (χ2v) is 9.48. The molecule has 0 aliphatic heterocycles. The van der Waals surface area contributed by atoms with Gasteiger partial charge in [-0.2, -0.15) is 0 Å². The van der Waals surface area contributed by atoms with Crippen molar-refractivity contribution in [3.8, 4) is 16.8 Å². The van der Waals surface area contributed by atoms with Crippen LogP contribution in [0.3, 0.4) is 0 Å². The number of aromatic nitrogens is 1. The number of rotatable bonds is 2. The molecule has 0 N–H and O–H groups in total. The first-order chi connectivity index (χ1) is 16.3. The lowest BCUT2D eigenvalue weighted by Crippen LogP contribution is -1.94. The Labute approximate surface area is 204 Å². The summed E-state index contributed by atoms with van der Waals surface area (Å²) in [5.41, 5.74) is 7.79. The van der Waals surface area contributed by atoms with Crippen molar-refractivity contribution < 1.29 is 4.42 Å². The van der Waals surface area contributed by atoms with Gasteiger partial charge in [-0.25, -0.2) is 0 Å². The quantitative estimate of drug-likeness (QED) is 0.202. The summed E-state index contributed by atoms with van der Waals surface area (Å²) in [6.07, 6.45) is 0. The van der Waals surface area contributed by atoms with Crippen molar-refractivity contribution in [2.45, 2.75) is 0 Å². The lowest BCUT2D eigenvalue weighted by atomic mass is 10.0. The largest absolute Gasteiger partial charge is 0.455 e. The van der Waals surface area contributed by atoms with E-state index in [4.69, 9.17) is 4.42 Å². The molecule has 5 aromatic carbocycles. The maximum atomic E-state index is 6.32. The molecule has 2 nitrogen and oxygen atoms in total. The number of fused-ring (bicyclic) bond motifs is 6. The first kappa shape index (κ1) is 18.9. The van der Waals surface area contributed by atoms with E-state index in [9.17, 15) is 0 Å². The molecular weight excluding hydrogens is 517 g/mol. The summed E-state index contributed by atoms with van der Waals surface area (Å²) in [6.45, 7) is 0. The number of nitrogens with zero attached hydrogens (tertiary/aromatic N) is 1. The van der Waals surface area contributed by atoms with E-state index in [1.807, 2.05) is 12.1 Å². The van der Waals surface area contributed by atoms with Crippen LogP contribution in [0.2, 0.25) is 0 Å². The first-order valence-electron chi connectivity index (χ1n) is 11.0. The number of hydrogen-bond acceptors (Lipinski definition) is 1. The average molecular weight is 535 g/mol. The Morgan fingerprint density at radius 1 is 0.606 bits per heavy atom. The molecule has 0 radical (unpaired) electrons. The molecular formula is C30H18INO. The van der Waals surface area contributed by atoms with Gasteiger partial charge in [-0.3, -0.25) is 0 Å². The van der Waals surface area contributed by atoms with Crippen LogP contribution in [-0.4, -0.2) is 4.57 Å². The standard InChI is InChI=1S/C30H18INO/c31-26-14-7-12-23-25-18-19(16-17-27(25)32(29(23)26)20-8-2-1-3-9-20)21-11-6-13-24-22-10-4-5-15-28(22)33-30(21)24/h1-18H. The molecule has 0 amide bonds. The van der Waals surface area contributed by atoms with E-state index in [0.717, 1.165) is 33.1 Å². The molecule has 0 aliphatic carbocycles. The molecule has 2 aromatic heterocycles. The molecule has 33 heavy (non-hydrogen) atoms. The highest BCUT2D eigenvalue weighted by atomic mass is 127. The Kier molecular flexibility index (Phi) is 4.15. The fourth-order valence-electron chi connectivity index (χ4n) is 5.01. The van der Waals surface area contributed by atoms with E-state index in [2.05, 4.69) is 124 Å². The minimum absolute atomic E-state index is 0.927. The predicted octanol–water partition coefficient (Wildman–Crippen LogP) is 8.95. The second kappa shape index (κ2) is 7.22. The molecule has 3 heteroatoms. The summed E-state index contributed by atoms with van der Waals surface area (Å²) in [5.74, 6) is 0. The van der Waals surface area contributed by atoms with Crippen molar-refractivity contribution >= 4 is 66.3 Å². The summed E-state index contributed by atoms with van der Waals surface area (Å²) in [7, 11) is 0. The van der Waals surface area contributed by atoms with E-state index in [0.29, 0.717) is 0 Å². The molecule has 0 atom stereocenters. The summed E-state index contributed by atoms with van der Waals surface area (Å²) < 4.78 is 9.94. The Balaban J connectivity index is 1.55. The smallest absolute Gasteiger partial charge is 0.143 e. The van der Waals surface area contributed by atoms with Crippen molar-refractivity contribution in [2.75, 3.05) is 0 Å². The van der Waals surface area contributed by atoms with E-state index in [1.54, 1.807) is 0 Å². The molecule has 0 spiro atoms. The zero-order valence-electron chi connectivity index (χ0n) is 17.6. The van der Waals surface area contributed by atoms with Crippen molar-refractivity contribution in [1.82, 2.24) is 4.57 Å². The minimum Gasteiger partial charge on any atom is -0.455 e. The third-order valence-electron chi connectivity index (χ3n) is 6.47. The summed E-state index contributed by atoms with van der Waals surface area (Å²) in [5, 5.41) is 4.83. The summed E-state index contributed by atoms with van der Waals surface area (Å²) in [6, 6.07) is 38.6. The van der Waals surface area contributed by atoms with Crippen LogP contribution in [-0.2, 0) is 0 Å². The molecule has 156 valence electrons. The maximum Gasteiger partial charge on any atom is 0.143 e. The van der Waals surface area contributed by atoms with Gasteiger partial charge in [0.15, 0.2) is 0 Å². The van der Waals surface area contributed by atoms with Crippen LogP contribution in [0.1, 0.15) is 0 Å². The third kappa shape index (κ3) is 2.79. The van der Waals surface area contributed by atoms with Gasteiger partial charge in [0.2, 0.25) is 0 Å². The molecule has 2 heterocycles. The van der Waals surface area contributed by atoms with Crippen molar-refractivity contribution in [2.24, 2.45) is 0 Å². The number of halogens is 1. The zero-order valence-corrected chi connectivity index (χ0v) is 19.8. The fraction of sp³-hybridized carbons (Fsp3) is 0. The number of hydrogen-bond donors (Lipinski definition) is 0. The molecule has 0 unspecified atom stereocenters. The van der Waals surface area contributed by atoms with Gasteiger partial charge in [-0.15, -0.1) is 0 Å².